The molecule has 0 unspecified atom stereocenters. The number of benzene rings is 5. The van der Waals surface area contributed by atoms with Crippen molar-refractivity contribution < 1.29 is 4.74 Å². The molecule has 0 amide bonds. The molecule has 8 aromatic rings. The van der Waals surface area contributed by atoms with Gasteiger partial charge in [0.25, 0.3) is 0 Å². The van der Waals surface area contributed by atoms with E-state index in [1.165, 1.54) is 5.39 Å². The molecule has 5 nitrogen and oxygen atoms in total. The third kappa shape index (κ3) is 4.25. The van der Waals surface area contributed by atoms with Gasteiger partial charge in [-0.3, -0.25) is 4.57 Å². The molecule has 0 aliphatic heterocycles. The van der Waals surface area contributed by atoms with Gasteiger partial charge in [-0.1, -0.05) is 72.8 Å². The lowest BCUT2D eigenvalue weighted by Crippen LogP contribution is -1.96. The van der Waals surface area contributed by atoms with Crippen LogP contribution in [0.2, 0.25) is 0 Å². The summed E-state index contributed by atoms with van der Waals surface area (Å²) in [7, 11) is 0. The van der Waals surface area contributed by atoms with Crippen LogP contribution in [0.4, 0.5) is 0 Å². The van der Waals surface area contributed by atoms with Crippen molar-refractivity contribution in [3.8, 4) is 39.7 Å². The van der Waals surface area contributed by atoms with Gasteiger partial charge in [0.2, 0.25) is 0 Å². The van der Waals surface area contributed by atoms with Crippen molar-refractivity contribution in [1.29, 1.82) is 0 Å². The number of rotatable bonds is 5. The van der Waals surface area contributed by atoms with Gasteiger partial charge in [0.1, 0.15) is 17.3 Å². The fourth-order valence-corrected chi connectivity index (χ4v) is 5.61. The second kappa shape index (κ2) is 9.98. The number of hydrogen-bond donors (Lipinski definition) is 0. The van der Waals surface area contributed by atoms with Gasteiger partial charge in [0.15, 0.2) is 0 Å². The summed E-state index contributed by atoms with van der Waals surface area (Å²) in [5, 5.41) is 12.4. The minimum atomic E-state index is 0.723. The van der Waals surface area contributed by atoms with Crippen LogP contribution in [-0.4, -0.2) is 19.7 Å². The monoisotopic (exact) mass is 540 g/mol. The maximum absolute atomic E-state index is 6.60. The summed E-state index contributed by atoms with van der Waals surface area (Å²) < 4.78 is 8.79. The van der Waals surface area contributed by atoms with E-state index in [0.29, 0.717) is 0 Å². The second-order valence-corrected chi connectivity index (χ2v) is 10.2. The van der Waals surface area contributed by atoms with E-state index in [2.05, 4.69) is 92.5 Å². The lowest BCUT2D eigenvalue weighted by Gasteiger charge is -2.12. The first-order chi connectivity index (χ1) is 20.8. The summed E-state index contributed by atoms with van der Waals surface area (Å²) in [6.45, 7) is 0. The predicted molar refractivity (Wildman–Crippen MR) is 169 cm³/mol. The molecule has 3 aromatic heterocycles. The van der Waals surface area contributed by atoms with E-state index in [0.717, 1.165) is 67.0 Å². The Hall–Kier alpha value is -5.81. The van der Waals surface area contributed by atoms with Crippen molar-refractivity contribution >= 4 is 32.7 Å². The number of para-hydroxylation sites is 1. The molecule has 42 heavy (non-hydrogen) atoms. The molecule has 5 heteroatoms. The van der Waals surface area contributed by atoms with Crippen LogP contribution in [0.5, 0.6) is 11.5 Å². The molecule has 5 aromatic carbocycles. The van der Waals surface area contributed by atoms with Crippen LogP contribution < -0.4 is 4.74 Å². The van der Waals surface area contributed by atoms with E-state index in [4.69, 9.17) is 4.74 Å². The van der Waals surface area contributed by atoms with Gasteiger partial charge in [-0.2, -0.15) is 0 Å². The van der Waals surface area contributed by atoms with Gasteiger partial charge < -0.3 is 4.74 Å². The first kappa shape index (κ1) is 24.0. The normalized spacial score (nSPS) is 11.3. The van der Waals surface area contributed by atoms with Gasteiger partial charge in [-0.15, -0.1) is 10.2 Å². The molecule has 0 spiro atoms. The van der Waals surface area contributed by atoms with Gasteiger partial charge in [-0.05, 0) is 71.8 Å². The van der Waals surface area contributed by atoms with Crippen molar-refractivity contribution in [2.24, 2.45) is 0 Å². The molecule has 0 aliphatic rings. The van der Waals surface area contributed by atoms with E-state index in [1.807, 2.05) is 72.9 Å². The van der Waals surface area contributed by atoms with Crippen LogP contribution in [0.3, 0.4) is 0 Å². The first-order valence-corrected chi connectivity index (χ1v) is 13.9. The van der Waals surface area contributed by atoms with Crippen molar-refractivity contribution in [2.45, 2.75) is 0 Å². The largest absolute Gasteiger partial charge is 0.457 e. The molecule has 3 heterocycles. The number of ether oxygens (including phenoxy) is 1. The fraction of sp³-hybridized carbons (Fsp3) is 0. The van der Waals surface area contributed by atoms with Crippen molar-refractivity contribution in [1.82, 2.24) is 19.7 Å². The highest BCUT2D eigenvalue weighted by atomic mass is 16.5. The number of aromatic nitrogens is 4. The fourth-order valence-electron chi connectivity index (χ4n) is 5.61. The number of nitrogens with zero attached hydrogens (tertiary/aromatic N) is 4. The Bertz CT molecular complexity index is 2220. The van der Waals surface area contributed by atoms with E-state index in [1.54, 1.807) is 0 Å². The van der Waals surface area contributed by atoms with E-state index < -0.39 is 0 Å². The van der Waals surface area contributed by atoms with Crippen molar-refractivity contribution in [3.05, 3.63) is 146 Å². The van der Waals surface area contributed by atoms with E-state index in [-0.39, 0.29) is 0 Å². The molecule has 0 saturated carbocycles. The second-order valence-electron chi connectivity index (χ2n) is 10.2. The third-order valence-electron chi connectivity index (χ3n) is 7.56. The summed E-state index contributed by atoms with van der Waals surface area (Å²) in [5.74, 6) is 2.33. The molecular formula is C37H24N4O. The molecule has 0 fully saturated rings. The molecule has 0 radical (unpaired) electrons. The summed E-state index contributed by atoms with van der Waals surface area (Å²) in [4.78, 5) is 4.66. The average Bonchev–Trinajstić information content (AvgIpc) is 3.39. The van der Waals surface area contributed by atoms with Crippen molar-refractivity contribution in [2.75, 3.05) is 0 Å². The zero-order valence-electron chi connectivity index (χ0n) is 22.6. The SMILES string of the molecule is c1ccc(-c2cc(Oc3ccc4c5ccccc5n(-c5ccccn5)c4c3)cc(-c3cc4ccccc4nn3)c2)cc1. The topological polar surface area (TPSA) is 52.8 Å². The third-order valence-corrected chi connectivity index (χ3v) is 7.56. The van der Waals surface area contributed by atoms with Crippen LogP contribution in [0.1, 0.15) is 0 Å². The maximum Gasteiger partial charge on any atom is 0.137 e. The van der Waals surface area contributed by atoms with Crippen LogP contribution >= 0.6 is 0 Å². The Balaban J connectivity index is 1.27. The van der Waals surface area contributed by atoms with Crippen LogP contribution in [-0.2, 0) is 0 Å². The predicted octanol–water partition coefficient (Wildman–Crippen LogP) is 9.25. The molecule has 8 rings (SSSR count). The van der Waals surface area contributed by atoms with Crippen LogP contribution in [0, 0.1) is 0 Å². The highest BCUT2D eigenvalue weighted by Gasteiger charge is 2.15. The van der Waals surface area contributed by atoms with Crippen LogP contribution in [0.15, 0.2) is 146 Å². The molecule has 0 N–H and O–H groups in total. The van der Waals surface area contributed by atoms with E-state index >= 15 is 0 Å². The first-order valence-electron chi connectivity index (χ1n) is 13.9. The summed E-state index contributed by atoms with van der Waals surface area (Å²) >= 11 is 0. The Morgan fingerprint density at radius 1 is 0.500 bits per heavy atom. The Kier molecular flexibility index (Phi) is 5.71. The smallest absolute Gasteiger partial charge is 0.137 e. The minimum Gasteiger partial charge on any atom is -0.457 e. The minimum absolute atomic E-state index is 0.723. The number of pyridine rings is 1. The Labute approximate surface area is 242 Å². The Morgan fingerprint density at radius 3 is 2.19 bits per heavy atom. The summed E-state index contributed by atoms with van der Waals surface area (Å²) in [6.07, 6.45) is 1.82. The number of hydrogen-bond acceptors (Lipinski definition) is 4. The highest BCUT2D eigenvalue weighted by Crippen LogP contribution is 2.37. The number of fused-ring (bicyclic) bond motifs is 4. The lowest BCUT2D eigenvalue weighted by molar-refractivity contribution is 0.483. The summed E-state index contributed by atoms with van der Waals surface area (Å²) in [6, 6.07) is 47.3. The van der Waals surface area contributed by atoms with Gasteiger partial charge >= 0.3 is 0 Å². The molecule has 0 saturated heterocycles. The van der Waals surface area contributed by atoms with Crippen molar-refractivity contribution in [3.63, 3.8) is 0 Å². The highest BCUT2D eigenvalue weighted by molar-refractivity contribution is 6.09. The van der Waals surface area contributed by atoms with Crippen LogP contribution in [0.25, 0.3) is 60.9 Å². The maximum atomic E-state index is 6.60. The zero-order chi connectivity index (χ0) is 27.9. The molecule has 0 bridgehead atoms. The quantitative estimate of drug-likeness (QED) is 0.218. The van der Waals surface area contributed by atoms with E-state index in [9.17, 15) is 0 Å². The molecule has 0 atom stereocenters. The average molecular weight is 541 g/mol. The van der Waals surface area contributed by atoms with Gasteiger partial charge in [-0.25, -0.2) is 4.98 Å². The molecular weight excluding hydrogens is 516 g/mol. The lowest BCUT2D eigenvalue weighted by atomic mass is 10.0. The van der Waals surface area contributed by atoms with Gasteiger partial charge in [0, 0.05) is 34.0 Å². The molecule has 0 aliphatic carbocycles. The standard InChI is InChI=1S/C37H24N4O/c1-2-10-25(11-3-1)27-20-28(34-23-26-12-4-6-14-33(26)39-40-34)22-30(21-27)42-29-17-18-32-31-13-5-7-15-35(31)41(36(32)24-29)37-16-8-9-19-38-37/h1-24H. The summed E-state index contributed by atoms with van der Waals surface area (Å²) in [5.41, 5.74) is 6.88. The molecule has 198 valence electrons. The Morgan fingerprint density at radius 2 is 1.29 bits per heavy atom. The van der Waals surface area contributed by atoms with Gasteiger partial charge in [0.05, 0.1) is 22.2 Å². The zero-order valence-corrected chi connectivity index (χ0v) is 22.6.